The molecule has 0 saturated carbocycles. The molecule has 2 heterocycles. The molecule has 1 aromatic carbocycles. The van der Waals surface area contributed by atoms with E-state index in [4.69, 9.17) is 14.2 Å². The van der Waals surface area contributed by atoms with Crippen LogP contribution in [0.25, 0.3) is 0 Å². The lowest BCUT2D eigenvalue weighted by Crippen LogP contribution is -2.20. The maximum Gasteiger partial charge on any atom is 0.158 e. The Hall–Kier alpha value is -0.710. The van der Waals surface area contributed by atoms with Gasteiger partial charge in [-0.3, -0.25) is 0 Å². The van der Waals surface area contributed by atoms with E-state index in [0.717, 1.165) is 44.8 Å². The van der Waals surface area contributed by atoms with Gasteiger partial charge >= 0.3 is 0 Å². The first-order chi connectivity index (χ1) is 9.74. The first kappa shape index (κ1) is 14.2. The van der Waals surface area contributed by atoms with Gasteiger partial charge in [-0.2, -0.15) is 12.6 Å². The fourth-order valence-corrected chi connectivity index (χ4v) is 3.30. The molecule has 4 heteroatoms. The molecule has 2 atom stereocenters. The normalized spacial score (nSPS) is 24.2. The van der Waals surface area contributed by atoms with Crippen molar-refractivity contribution < 1.29 is 14.2 Å². The smallest absolute Gasteiger partial charge is 0.158 e. The van der Waals surface area contributed by atoms with Crippen LogP contribution in [0.3, 0.4) is 0 Å². The molecule has 3 nitrogen and oxygen atoms in total. The SMILES string of the molecule is CC(S)C1CCOc2ccc(CCC3OCCO3)cc21. The van der Waals surface area contributed by atoms with Crippen LogP contribution in [0.5, 0.6) is 5.75 Å². The minimum absolute atomic E-state index is 0.0260. The molecule has 0 aromatic heterocycles. The number of hydrogen-bond donors (Lipinski definition) is 1. The number of ether oxygens (including phenoxy) is 3. The summed E-state index contributed by atoms with van der Waals surface area (Å²) < 4.78 is 16.7. The summed E-state index contributed by atoms with van der Waals surface area (Å²) in [4.78, 5) is 0. The molecule has 0 bridgehead atoms. The minimum Gasteiger partial charge on any atom is -0.493 e. The fourth-order valence-electron chi connectivity index (χ4n) is 2.99. The van der Waals surface area contributed by atoms with Crippen LogP contribution in [-0.2, 0) is 15.9 Å². The predicted molar refractivity (Wildman–Crippen MR) is 81.8 cm³/mol. The van der Waals surface area contributed by atoms with Crippen LogP contribution >= 0.6 is 12.6 Å². The largest absolute Gasteiger partial charge is 0.493 e. The summed E-state index contributed by atoms with van der Waals surface area (Å²) in [7, 11) is 0. The van der Waals surface area contributed by atoms with Gasteiger partial charge in [-0.15, -0.1) is 0 Å². The van der Waals surface area contributed by atoms with Gasteiger partial charge < -0.3 is 14.2 Å². The van der Waals surface area contributed by atoms with Gasteiger partial charge in [-0.05, 0) is 30.0 Å². The van der Waals surface area contributed by atoms with Gasteiger partial charge in [0.25, 0.3) is 0 Å². The first-order valence-corrected chi connectivity index (χ1v) is 7.92. The lowest BCUT2D eigenvalue weighted by Gasteiger charge is -2.28. The maximum atomic E-state index is 5.75. The summed E-state index contributed by atoms with van der Waals surface area (Å²) >= 11 is 4.63. The summed E-state index contributed by atoms with van der Waals surface area (Å²) in [5, 5.41) is 0.356. The Morgan fingerprint density at radius 1 is 1.25 bits per heavy atom. The number of benzene rings is 1. The molecule has 1 aromatic rings. The van der Waals surface area contributed by atoms with Crippen molar-refractivity contribution >= 4 is 12.6 Å². The monoisotopic (exact) mass is 294 g/mol. The molecule has 0 N–H and O–H groups in total. The van der Waals surface area contributed by atoms with Gasteiger partial charge in [-0.1, -0.05) is 19.1 Å². The molecule has 0 radical (unpaired) electrons. The molecule has 0 aliphatic carbocycles. The van der Waals surface area contributed by atoms with Crippen LogP contribution in [-0.4, -0.2) is 31.4 Å². The highest BCUT2D eigenvalue weighted by molar-refractivity contribution is 7.81. The molecule has 110 valence electrons. The van der Waals surface area contributed by atoms with Crippen molar-refractivity contribution in [2.75, 3.05) is 19.8 Å². The van der Waals surface area contributed by atoms with Crippen molar-refractivity contribution in [2.45, 2.75) is 43.6 Å². The second-order valence-corrected chi connectivity index (χ2v) is 6.38. The van der Waals surface area contributed by atoms with Crippen molar-refractivity contribution in [3.8, 4) is 5.75 Å². The van der Waals surface area contributed by atoms with Crippen molar-refractivity contribution in [2.24, 2.45) is 0 Å². The first-order valence-electron chi connectivity index (χ1n) is 7.41. The fraction of sp³-hybridized carbons (Fsp3) is 0.625. The molecule has 2 aliphatic heterocycles. The van der Waals surface area contributed by atoms with Gasteiger partial charge in [-0.25, -0.2) is 0 Å². The van der Waals surface area contributed by atoms with Crippen molar-refractivity contribution in [1.82, 2.24) is 0 Å². The second kappa shape index (κ2) is 6.37. The van der Waals surface area contributed by atoms with Crippen LogP contribution < -0.4 is 4.74 Å². The van der Waals surface area contributed by atoms with E-state index in [1.807, 2.05) is 0 Å². The topological polar surface area (TPSA) is 27.7 Å². The molecule has 2 aliphatic rings. The van der Waals surface area contributed by atoms with Gasteiger partial charge in [0.05, 0.1) is 19.8 Å². The van der Waals surface area contributed by atoms with E-state index < -0.39 is 0 Å². The van der Waals surface area contributed by atoms with E-state index in [2.05, 4.69) is 37.8 Å². The summed E-state index contributed by atoms with van der Waals surface area (Å²) in [5.41, 5.74) is 2.64. The Labute approximate surface area is 126 Å². The highest BCUT2D eigenvalue weighted by Gasteiger charge is 2.25. The van der Waals surface area contributed by atoms with E-state index in [1.165, 1.54) is 11.1 Å². The van der Waals surface area contributed by atoms with E-state index in [-0.39, 0.29) is 6.29 Å². The average molecular weight is 294 g/mol. The molecule has 2 unspecified atom stereocenters. The Bertz CT molecular complexity index is 455. The van der Waals surface area contributed by atoms with Crippen LogP contribution in [0.2, 0.25) is 0 Å². The summed E-state index contributed by atoms with van der Waals surface area (Å²) in [6.07, 6.45) is 2.92. The second-order valence-electron chi connectivity index (χ2n) is 5.57. The van der Waals surface area contributed by atoms with Gasteiger partial charge in [0.15, 0.2) is 6.29 Å². The standard InChI is InChI=1S/C16H22O3S/c1-11(20)13-6-7-17-15-4-2-12(10-14(13)15)3-5-16-18-8-9-19-16/h2,4,10-11,13,16,20H,3,5-9H2,1H3. The maximum absolute atomic E-state index is 5.75. The molecule has 20 heavy (non-hydrogen) atoms. The Morgan fingerprint density at radius 2 is 2.05 bits per heavy atom. The van der Waals surface area contributed by atoms with Crippen molar-refractivity contribution in [1.29, 1.82) is 0 Å². The Kier molecular flexibility index (Phi) is 4.54. The van der Waals surface area contributed by atoms with E-state index in [1.54, 1.807) is 0 Å². The highest BCUT2D eigenvalue weighted by Crippen LogP contribution is 2.38. The number of hydrogen-bond acceptors (Lipinski definition) is 4. The molecular formula is C16H22O3S. The zero-order valence-electron chi connectivity index (χ0n) is 11.9. The quantitative estimate of drug-likeness (QED) is 0.864. The van der Waals surface area contributed by atoms with Crippen LogP contribution in [0, 0.1) is 0 Å². The molecular weight excluding hydrogens is 272 g/mol. The van der Waals surface area contributed by atoms with E-state index in [9.17, 15) is 0 Å². The third kappa shape index (κ3) is 3.13. The number of fused-ring (bicyclic) bond motifs is 1. The summed E-state index contributed by atoms with van der Waals surface area (Å²) in [5.74, 6) is 1.51. The third-order valence-electron chi connectivity index (χ3n) is 4.10. The van der Waals surface area contributed by atoms with Crippen molar-refractivity contribution in [3.63, 3.8) is 0 Å². The third-order valence-corrected chi connectivity index (χ3v) is 4.46. The Balaban J connectivity index is 1.71. The molecule has 3 rings (SSSR count). The number of aryl methyl sites for hydroxylation is 1. The number of rotatable bonds is 4. The van der Waals surface area contributed by atoms with E-state index in [0.29, 0.717) is 11.2 Å². The molecule has 1 saturated heterocycles. The predicted octanol–water partition coefficient (Wildman–Crippen LogP) is 3.18. The van der Waals surface area contributed by atoms with Gasteiger partial charge in [0.1, 0.15) is 5.75 Å². The summed E-state index contributed by atoms with van der Waals surface area (Å²) in [6.45, 7) is 4.41. The lowest BCUT2D eigenvalue weighted by atomic mass is 9.89. The highest BCUT2D eigenvalue weighted by atomic mass is 32.1. The van der Waals surface area contributed by atoms with Crippen LogP contribution in [0.1, 0.15) is 36.8 Å². The van der Waals surface area contributed by atoms with Crippen LogP contribution in [0.15, 0.2) is 18.2 Å². The van der Waals surface area contributed by atoms with Crippen molar-refractivity contribution in [3.05, 3.63) is 29.3 Å². The lowest BCUT2D eigenvalue weighted by molar-refractivity contribution is -0.0462. The van der Waals surface area contributed by atoms with Crippen LogP contribution in [0.4, 0.5) is 0 Å². The minimum atomic E-state index is -0.0260. The molecule has 0 amide bonds. The zero-order valence-corrected chi connectivity index (χ0v) is 12.8. The van der Waals surface area contributed by atoms with Gasteiger partial charge in [0.2, 0.25) is 0 Å². The summed E-state index contributed by atoms with van der Waals surface area (Å²) in [6, 6.07) is 6.53. The Morgan fingerprint density at radius 3 is 2.80 bits per heavy atom. The zero-order chi connectivity index (χ0) is 13.9. The van der Waals surface area contributed by atoms with E-state index >= 15 is 0 Å². The number of thiol groups is 1. The van der Waals surface area contributed by atoms with Gasteiger partial charge in [0, 0.05) is 17.6 Å². The molecule has 0 spiro atoms. The molecule has 1 fully saturated rings. The average Bonchev–Trinajstić information content (AvgIpc) is 2.97.